The van der Waals surface area contributed by atoms with E-state index in [1.54, 1.807) is 0 Å². The van der Waals surface area contributed by atoms with Crippen molar-refractivity contribution in [2.75, 3.05) is 11.9 Å². The lowest BCUT2D eigenvalue weighted by molar-refractivity contribution is 1.11. The Hall–Kier alpha value is -2.27. The van der Waals surface area contributed by atoms with Gasteiger partial charge in [-0.3, -0.25) is 0 Å². The summed E-state index contributed by atoms with van der Waals surface area (Å²) in [5.74, 6) is 0. The first-order valence-corrected chi connectivity index (χ1v) is 6.16. The van der Waals surface area contributed by atoms with Crippen molar-refractivity contribution >= 4 is 5.69 Å². The Morgan fingerprint density at radius 2 is 2.11 bits per heavy atom. The van der Waals surface area contributed by atoms with Gasteiger partial charge in [0.15, 0.2) is 0 Å². The molecule has 88 valence electrons. The second-order valence-corrected chi connectivity index (χ2v) is 4.65. The molecular formula is C16H14N2. The molecule has 0 atom stereocenters. The summed E-state index contributed by atoms with van der Waals surface area (Å²) in [5.41, 5.74) is 6.77. The molecule has 0 radical (unpaired) electrons. The van der Waals surface area contributed by atoms with Crippen molar-refractivity contribution in [3.8, 4) is 17.2 Å². The zero-order valence-electron chi connectivity index (χ0n) is 10.3. The second-order valence-electron chi connectivity index (χ2n) is 4.65. The van der Waals surface area contributed by atoms with Crippen LogP contribution in [0.15, 0.2) is 36.4 Å². The van der Waals surface area contributed by atoms with Crippen molar-refractivity contribution in [2.45, 2.75) is 13.3 Å². The Balaban J connectivity index is 2.17. The minimum absolute atomic E-state index is 0.760. The number of hydrogen-bond acceptors (Lipinski definition) is 2. The van der Waals surface area contributed by atoms with E-state index in [1.807, 2.05) is 19.1 Å². The molecule has 0 amide bonds. The summed E-state index contributed by atoms with van der Waals surface area (Å²) in [6.07, 6.45) is 1.06. The average molecular weight is 234 g/mol. The predicted molar refractivity (Wildman–Crippen MR) is 73.5 cm³/mol. The van der Waals surface area contributed by atoms with Crippen LogP contribution in [0.5, 0.6) is 0 Å². The summed E-state index contributed by atoms with van der Waals surface area (Å²) in [6.45, 7) is 2.97. The van der Waals surface area contributed by atoms with Crippen molar-refractivity contribution in [1.82, 2.24) is 0 Å². The van der Waals surface area contributed by atoms with Gasteiger partial charge in [0.2, 0.25) is 0 Å². The van der Waals surface area contributed by atoms with E-state index >= 15 is 0 Å². The van der Waals surface area contributed by atoms with E-state index in [4.69, 9.17) is 5.26 Å². The minimum Gasteiger partial charge on any atom is -0.384 e. The normalized spacial score (nSPS) is 12.7. The first-order valence-electron chi connectivity index (χ1n) is 6.16. The summed E-state index contributed by atoms with van der Waals surface area (Å²) in [5, 5.41) is 12.5. The summed E-state index contributed by atoms with van der Waals surface area (Å²) < 4.78 is 0. The maximum Gasteiger partial charge on any atom is 0.0994 e. The van der Waals surface area contributed by atoms with Gasteiger partial charge in [-0.05, 0) is 47.7 Å². The highest BCUT2D eigenvalue weighted by molar-refractivity contribution is 5.76. The lowest BCUT2D eigenvalue weighted by atomic mass is 9.95. The van der Waals surface area contributed by atoms with Crippen LogP contribution in [0, 0.1) is 18.3 Å². The van der Waals surface area contributed by atoms with Crippen LogP contribution in [0.4, 0.5) is 5.69 Å². The summed E-state index contributed by atoms with van der Waals surface area (Å²) in [4.78, 5) is 0. The molecule has 0 saturated heterocycles. The standard InChI is InChI=1S/C16H14N2/c1-11-5-6-12(9-13(11)10-17)14-3-2-4-16-15(14)7-8-18-16/h2-6,9,18H,7-8H2,1H3. The topological polar surface area (TPSA) is 35.8 Å². The zero-order valence-corrected chi connectivity index (χ0v) is 10.3. The molecule has 0 fully saturated rings. The molecule has 18 heavy (non-hydrogen) atoms. The third kappa shape index (κ3) is 1.65. The minimum atomic E-state index is 0.760. The van der Waals surface area contributed by atoms with E-state index in [2.05, 4.69) is 35.7 Å². The molecule has 0 aliphatic carbocycles. The van der Waals surface area contributed by atoms with Gasteiger partial charge in [-0.15, -0.1) is 0 Å². The smallest absolute Gasteiger partial charge is 0.0994 e. The molecule has 1 N–H and O–H groups in total. The van der Waals surface area contributed by atoms with Crippen molar-refractivity contribution in [3.63, 3.8) is 0 Å². The molecule has 2 aromatic carbocycles. The molecule has 1 heterocycles. The third-order valence-corrected chi connectivity index (χ3v) is 3.54. The van der Waals surface area contributed by atoms with Crippen LogP contribution in [0.3, 0.4) is 0 Å². The van der Waals surface area contributed by atoms with Crippen LogP contribution in [0.25, 0.3) is 11.1 Å². The average Bonchev–Trinajstić information content (AvgIpc) is 2.87. The van der Waals surface area contributed by atoms with Crippen LogP contribution < -0.4 is 5.32 Å². The molecule has 0 bridgehead atoms. The quantitative estimate of drug-likeness (QED) is 0.819. The molecule has 3 rings (SSSR count). The van der Waals surface area contributed by atoms with Crippen LogP contribution in [-0.2, 0) is 6.42 Å². The van der Waals surface area contributed by atoms with E-state index in [9.17, 15) is 0 Å². The molecule has 0 saturated carbocycles. The number of nitriles is 1. The Bertz CT molecular complexity index is 651. The fourth-order valence-corrected chi connectivity index (χ4v) is 2.52. The molecule has 0 spiro atoms. The van der Waals surface area contributed by atoms with Crippen molar-refractivity contribution in [3.05, 3.63) is 53.1 Å². The Kier molecular flexibility index (Phi) is 2.53. The summed E-state index contributed by atoms with van der Waals surface area (Å²) in [6, 6.07) is 14.7. The van der Waals surface area contributed by atoms with Crippen molar-refractivity contribution in [1.29, 1.82) is 5.26 Å². The Labute approximate surface area is 107 Å². The van der Waals surface area contributed by atoms with Gasteiger partial charge in [-0.2, -0.15) is 5.26 Å². The molecule has 0 unspecified atom stereocenters. The zero-order chi connectivity index (χ0) is 12.5. The van der Waals surface area contributed by atoms with Gasteiger partial charge in [0.05, 0.1) is 11.6 Å². The summed E-state index contributed by atoms with van der Waals surface area (Å²) in [7, 11) is 0. The van der Waals surface area contributed by atoms with E-state index in [-0.39, 0.29) is 0 Å². The number of anilines is 1. The highest BCUT2D eigenvalue weighted by Gasteiger charge is 2.15. The van der Waals surface area contributed by atoms with Crippen LogP contribution >= 0.6 is 0 Å². The maximum atomic E-state index is 9.12. The maximum absolute atomic E-state index is 9.12. The van der Waals surface area contributed by atoms with Gasteiger partial charge in [-0.1, -0.05) is 24.3 Å². The van der Waals surface area contributed by atoms with Crippen LogP contribution in [0.1, 0.15) is 16.7 Å². The molecule has 2 heteroatoms. The van der Waals surface area contributed by atoms with Gasteiger partial charge in [0, 0.05) is 12.2 Å². The van der Waals surface area contributed by atoms with Gasteiger partial charge >= 0.3 is 0 Å². The summed E-state index contributed by atoms with van der Waals surface area (Å²) >= 11 is 0. The molecule has 2 aromatic rings. The SMILES string of the molecule is Cc1ccc(-c2cccc3c2CCN3)cc1C#N. The first kappa shape index (κ1) is 10.9. The fraction of sp³-hybridized carbons (Fsp3) is 0.188. The number of hydrogen-bond donors (Lipinski definition) is 1. The highest BCUT2D eigenvalue weighted by Crippen LogP contribution is 2.33. The Morgan fingerprint density at radius 1 is 1.22 bits per heavy atom. The van der Waals surface area contributed by atoms with E-state index in [1.165, 1.54) is 16.8 Å². The highest BCUT2D eigenvalue weighted by atomic mass is 14.9. The number of fused-ring (bicyclic) bond motifs is 1. The van der Waals surface area contributed by atoms with Crippen LogP contribution in [0.2, 0.25) is 0 Å². The van der Waals surface area contributed by atoms with Crippen LogP contribution in [-0.4, -0.2) is 6.54 Å². The fourth-order valence-electron chi connectivity index (χ4n) is 2.52. The number of benzene rings is 2. The van der Waals surface area contributed by atoms with Crippen molar-refractivity contribution in [2.24, 2.45) is 0 Å². The molecule has 1 aliphatic rings. The number of nitrogens with zero attached hydrogens (tertiary/aromatic N) is 1. The molecule has 1 aliphatic heterocycles. The van der Waals surface area contributed by atoms with E-state index in [0.717, 1.165) is 29.7 Å². The lowest BCUT2D eigenvalue weighted by Crippen LogP contribution is -1.90. The molecule has 2 nitrogen and oxygen atoms in total. The van der Waals surface area contributed by atoms with Gasteiger partial charge in [0.25, 0.3) is 0 Å². The largest absolute Gasteiger partial charge is 0.384 e. The third-order valence-electron chi connectivity index (χ3n) is 3.54. The number of aryl methyl sites for hydroxylation is 1. The van der Waals surface area contributed by atoms with Gasteiger partial charge < -0.3 is 5.32 Å². The van der Waals surface area contributed by atoms with Gasteiger partial charge in [-0.25, -0.2) is 0 Å². The van der Waals surface area contributed by atoms with Crippen molar-refractivity contribution < 1.29 is 0 Å². The van der Waals surface area contributed by atoms with E-state index in [0.29, 0.717) is 0 Å². The monoisotopic (exact) mass is 234 g/mol. The van der Waals surface area contributed by atoms with E-state index < -0.39 is 0 Å². The predicted octanol–water partition coefficient (Wildman–Crippen LogP) is 3.50. The second kappa shape index (κ2) is 4.19. The lowest BCUT2D eigenvalue weighted by Gasteiger charge is -2.09. The molecule has 0 aromatic heterocycles. The Morgan fingerprint density at radius 3 is 2.94 bits per heavy atom. The van der Waals surface area contributed by atoms with Gasteiger partial charge in [0.1, 0.15) is 0 Å². The molecular weight excluding hydrogens is 220 g/mol. The first-order chi connectivity index (χ1) is 8.79. The number of rotatable bonds is 1. The number of nitrogens with one attached hydrogen (secondary N) is 1.